The Morgan fingerprint density at radius 2 is 1.52 bits per heavy atom. The topological polar surface area (TPSA) is 26.3 Å². The van der Waals surface area contributed by atoms with Gasteiger partial charge in [-0.05, 0) is 42.9 Å². The fourth-order valence-electron chi connectivity index (χ4n) is 2.93. The number of ether oxygens (including phenoxy) is 1. The first-order chi connectivity index (χ1) is 10.3. The van der Waals surface area contributed by atoms with Gasteiger partial charge in [0.2, 0.25) is 0 Å². The van der Waals surface area contributed by atoms with Crippen LogP contribution < -0.4 is 0 Å². The van der Waals surface area contributed by atoms with Crippen molar-refractivity contribution in [2.75, 3.05) is 0 Å². The molecule has 3 rings (SSSR count). The van der Waals surface area contributed by atoms with E-state index in [2.05, 4.69) is 0 Å². The van der Waals surface area contributed by atoms with Crippen LogP contribution in [0.5, 0.6) is 0 Å². The van der Waals surface area contributed by atoms with Gasteiger partial charge in [0.25, 0.3) is 0 Å². The lowest BCUT2D eigenvalue weighted by Crippen LogP contribution is -2.21. The van der Waals surface area contributed by atoms with Crippen molar-refractivity contribution in [1.82, 2.24) is 0 Å². The van der Waals surface area contributed by atoms with E-state index in [1.165, 1.54) is 6.42 Å². The third kappa shape index (κ3) is 3.33. The van der Waals surface area contributed by atoms with Crippen LogP contribution in [0.2, 0.25) is 0 Å². The molecule has 0 aromatic heterocycles. The first-order valence-corrected chi connectivity index (χ1v) is 7.70. The summed E-state index contributed by atoms with van der Waals surface area (Å²) in [4.78, 5) is 12.5. The number of rotatable bonds is 3. The van der Waals surface area contributed by atoms with Gasteiger partial charge in [0, 0.05) is 0 Å². The summed E-state index contributed by atoms with van der Waals surface area (Å²) in [6.07, 6.45) is 5.68. The summed E-state index contributed by atoms with van der Waals surface area (Å²) in [5.74, 6) is -0.193. The van der Waals surface area contributed by atoms with E-state index < -0.39 is 0 Å². The second-order valence-corrected chi connectivity index (χ2v) is 5.58. The Morgan fingerprint density at radius 1 is 0.857 bits per heavy atom. The molecular weight excluding hydrogens is 260 g/mol. The molecule has 0 heterocycles. The van der Waals surface area contributed by atoms with Gasteiger partial charge in [-0.2, -0.15) is 0 Å². The summed E-state index contributed by atoms with van der Waals surface area (Å²) in [6.45, 7) is 0. The minimum atomic E-state index is -0.193. The van der Waals surface area contributed by atoms with Crippen LogP contribution in [0.15, 0.2) is 54.6 Å². The minimum Gasteiger partial charge on any atom is -0.459 e. The maximum Gasteiger partial charge on any atom is 0.339 e. The average Bonchev–Trinajstić information content (AvgIpc) is 2.56. The highest BCUT2D eigenvalue weighted by Crippen LogP contribution is 2.26. The first-order valence-electron chi connectivity index (χ1n) is 7.70. The molecule has 0 amide bonds. The Hall–Kier alpha value is -2.09. The van der Waals surface area contributed by atoms with E-state index in [-0.39, 0.29) is 12.1 Å². The number of hydrogen-bond acceptors (Lipinski definition) is 2. The lowest BCUT2D eigenvalue weighted by molar-refractivity contribution is 0.0212. The second-order valence-electron chi connectivity index (χ2n) is 5.58. The normalized spacial score (nSPS) is 15.6. The Morgan fingerprint density at radius 3 is 2.29 bits per heavy atom. The molecular formula is C19H20O2. The third-order valence-electron chi connectivity index (χ3n) is 4.06. The molecule has 0 saturated heterocycles. The highest BCUT2D eigenvalue weighted by molar-refractivity contribution is 5.97. The van der Waals surface area contributed by atoms with Crippen molar-refractivity contribution in [2.24, 2.45) is 0 Å². The molecule has 0 N–H and O–H groups in total. The van der Waals surface area contributed by atoms with Crippen LogP contribution in [0.25, 0.3) is 11.1 Å². The zero-order valence-electron chi connectivity index (χ0n) is 12.1. The van der Waals surface area contributed by atoms with Gasteiger partial charge in [-0.3, -0.25) is 0 Å². The van der Waals surface area contributed by atoms with Crippen molar-refractivity contribution in [3.05, 3.63) is 60.2 Å². The van der Waals surface area contributed by atoms with Crippen molar-refractivity contribution in [1.29, 1.82) is 0 Å². The molecule has 0 atom stereocenters. The Balaban J connectivity index is 1.83. The lowest BCUT2D eigenvalue weighted by atomic mass is 9.97. The number of carbonyl (C=O) groups is 1. The zero-order valence-corrected chi connectivity index (χ0v) is 12.1. The largest absolute Gasteiger partial charge is 0.459 e. The molecule has 1 fully saturated rings. The number of benzene rings is 2. The van der Waals surface area contributed by atoms with Gasteiger partial charge in [-0.15, -0.1) is 0 Å². The summed E-state index contributed by atoms with van der Waals surface area (Å²) < 4.78 is 5.70. The SMILES string of the molecule is O=C(OC1CCCCC1)c1ccccc1-c1ccccc1. The van der Waals surface area contributed by atoms with Gasteiger partial charge in [-0.1, -0.05) is 55.0 Å². The average molecular weight is 280 g/mol. The van der Waals surface area contributed by atoms with Crippen molar-refractivity contribution < 1.29 is 9.53 Å². The van der Waals surface area contributed by atoms with Crippen LogP contribution >= 0.6 is 0 Å². The van der Waals surface area contributed by atoms with Gasteiger partial charge in [0.15, 0.2) is 0 Å². The van der Waals surface area contributed by atoms with Crippen LogP contribution in [-0.2, 0) is 4.74 Å². The van der Waals surface area contributed by atoms with Crippen LogP contribution in [0.4, 0.5) is 0 Å². The van der Waals surface area contributed by atoms with E-state index in [1.54, 1.807) is 0 Å². The molecule has 108 valence electrons. The Kier molecular flexibility index (Phi) is 4.34. The van der Waals surface area contributed by atoms with Crippen molar-refractivity contribution in [2.45, 2.75) is 38.2 Å². The molecule has 2 nitrogen and oxygen atoms in total. The van der Waals surface area contributed by atoms with Crippen molar-refractivity contribution in [3.63, 3.8) is 0 Å². The number of carbonyl (C=O) groups excluding carboxylic acids is 1. The van der Waals surface area contributed by atoms with E-state index in [4.69, 9.17) is 4.74 Å². The molecule has 21 heavy (non-hydrogen) atoms. The molecule has 1 aliphatic rings. The lowest BCUT2D eigenvalue weighted by Gasteiger charge is -2.22. The fourth-order valence-corrected chi connectivity index (χ4v) is 2.93. The molecule has 0 spiro atoms. The molecule has 2 aromatic rings. The highest BCUT2D eigenvalue weighted by Gasteiger charge is 2.20. The summed E-state index contributed by atoms with van der Waals surface area (Å²) >= 11 is 0. The van der Waals surface area contributed by atoms with Crippen LogP contribution in [0.1, 0.15) is 42.5 Å². The van der Waals surface area contributed by atoms with Gasteiger partial charge < -0.3 is 4.74 Å². The van der Waals surface area contributed by atoms with Gasteiger partial charge in [0.1, 0.15) is 6.10 Å². The maximum atomic E-state index is 12.5. The summed E-state index contributed by atoms with van der Waals surface area (Å²) in [5.41, 5.74) is 2.65. The number of esters is 1. The molecule has 1 aliphatic carbocycles. The second kappa shape index (κ2) is 6.57. The Bertz CT molecular complexity index is 598. The quantitative estimate of drug-likeness (QED) is 0.752. The molecule has 2 aromatic carbocycles. The summed E-state index contributed by atoms with van der Waals surface area (Å²) in [6, 6.07) is 17.7. The third-order valence-corrected chi connectivity index (χ3v) is 4.06. The molecule has 2 heteroatoms. The van der Waals surface area contributed by atoms with Gasteiger partial charge in [0.05, 0.1) is 5.56 Å². The summed E-state index contributed by atoms with van der Waals surface area (Å²) in [7, 11) is 0. The standard InChI is InChI=1S/C19H20O2/c20-19(21-16-11-5-2-6-12-16)18-14-8-7-13-17(18)15-9-3-1-4-10-15/h1,3-4,7-10,13-14,16H,2,5-6,11-12H2. The zero-order chi connectivity index (χ0) is 14.5. The fraction of sp³-hybridized carbons (Fsp3) is 0.316. The van der Waals surface area contributed by atoms with Crippen LogP contribution in [0.3, 0.4) is 0 Å². The molecule has 0 aliphatic heterocycles. The van der Waals surface area contributed by atoms with E-state index >= 15 is 0 Å². The van der Waals surface area contributed by atoms with Crippen molar-refractivity contribution >= 4 is 5.97 Å². The van der Waals surface area contributed by atoms with E-state index in [1.807, 2.05) is 54.6 Å². The van der Waals surface area contributed by atoms with Crippen molar-refractivity contribution in [3.8, 4) is 11.1 Å². The number of hydrogen-bond donors (Lipinski definition) is 0. The minimum absolute atomic E-state index is 0.0927. The monoisotopic (exact) mass is 280 g/mol. The summed E-state index contributed by atoms with van der Waals surface area (Å²) in [5, 5.41) is 0. The Labute approximate surface area is 125 Å². The molecule has 0 bridgehead atoms. The highest BCUT2D eigenvalue weighted by atomic mass is 16.5. The van der Waals surface area contributed by atoms with E-state index in [0.717, 1.165) is 36.8 Å². The molecule has 0 unspecified atom stereocenters. The maximum absolute atomic E-state index is 12.5. The van der Waals surface area contributed by atoms with Crippen LogP contribution in [-0.4, -0.2) is 12.1 Å². The van der Waals surface area contributed by atoms with Gasteiger partial charge >= 0.3 is 5.97 Å². The predicted octanol–water partition coefficient (Wildman–Crippen LogP) is 4.84. The van der Waals surface area contributed by atoms with Crippen LogP contribution in [0, 0.1) is 0 Å². The first kappa shape index (κ1) is 13.9. The predicted molar refractivity (Wildman–Crippen MR) is 84.2 cm³/mol. The van der Waals surface area contributed by atoms with Gasteiger partial charge in [-0.25, -0.2) is 4.79 Å². The molecule has 0 radical (unpaired) electrons. The smallest absolute Gasteiger partial charge is 0.339 e. The van der Waals surface area contributed by atoms with E-state index in [0.29, 0.717) is 5.56 Å². The molecule has 1 saturated carbocycles. The van der Waals surface area contributed by atoms with E-state index in [9.17, 15) is 4.79 Å².